The van der Waals surface area contributed by atoms with Gasteiger partial charge < -0.3 is 9.64 Å². The molecule has 1 aliphatic rings. The van der Waals surface area contributed by atoms with Crippen LogP contribution >= 0.6 is 0 Å². The summed E-state index contributed by atoms with van der Waals surface area (Å²) in [7, 11) is 0. The van der Waals surface area contributed by atoms with E-state index in [-0.39, 0.29) is 24.0 Å². The summed E-state index contributed by atoms with van der Waals surface area (Å²) in [6.07, 6.45) is 0. The molecule has 4 rings (SSSR count). The maximum atomic E-state index is 13.3. The number of nitro benzene ring substituents is 1. The Bertz CT molecular complexity index is 1300. The Hall–Kier alpha value is -4.01. The number of carbonyl (C=O) groups is 2. The predicted octanol–water partition coefficient (Wildman–Crippen LogP) is 3.10. The number of carbonyl (C=O) groups excluding carboxylic acids is 2. The number of amides is 1. The van der Waals surface area contributed by atoms with Crippen molar-refractivity contribution < 1.29 is 19.2 Å². The number of hydrogen-bond donors (Lipinski definition) is 0. The van der Waals surface area contributed by atoms with Crippen LogP contribution in [0.5, 0.6) is 5.75 Å². The highest BCUT2D eigenvalue weighted by Crippen LogP contribution is 2.34. The second kappa shape index (κ2) is 7.67. The van der Waals surface area contributed by atoms with Gasteiger partial charge in [0, 0.05) is 35.7 Å². The summed E-state index contributed by atoms with van der Waals surface area (Å²) in [6.45, 7) is 3.81. The van der Waals surface area contributed by atoms with Gasteiger partial charge in [-0.25, -0.2) is 0 Å². The molecule has 0 N–H and O–H groups in total. The number of nitrogens with zero attached hydrogens (tertiary/aromatic N) is 3. The molecule has 158 valence electrons. The Balaban J connectivity index is 1.77. The fourth-order valence-corrected chi connectivity index (χ4v) is 3.83. The Labute approximate surface area is 176 Å². The van der Waals surface area contributed by atoms with Gasteiger partial charge in [-0.05, 0) is 44.2 Å². The molecule has 9 heteroatoms. The zero-order valence-electron chi connectivity index (χ0n) is 16.9. The summed E-state index contributed by atoms with van der Waals surface area (Å²) < 4.78 is 6.76. The molecular weight excluding hydrogens is 402 g/mol. The number of pyridine rings is 1. The second-order valence-corrected chi connectivity index (χ2v) is 7.19. The number of ketones is 1. The standard InChI is InChI=1S/C22H19N3O6/c1-3-23-18-11-15(4-8-19(18)31-12-21(23)27)22(28)13(2)24-17-7-6-16(25(29)30)10-14(17)5-9-20(24)26/h4-11,13H,3,12H2,1-2H3. The number of anilines is 1. The first kappa shape index (κ1) is 20.3. The van der Waals surface area contributed by atoms with Crippen molar-refractivity contribution in [3.63, 3.8) is 0 Å². The molecule has 1 aliphatic heterocycles. The molecular formula is C22H19N3O6. The van der Waals surface area contributed by atoms with Crippen LogP contribution in [0.15, 0.2) is 53.3 Å². The van der Waals surface area contributed by atoms with Gasteiger partial charge in [-0.3, -0.25) is 29.1 Å². The Morgan fingerprint density at radius 2 is 1.94 bits per heavy atom. The molecule has 1 unspecified atom stereocenters. The van der Waals surface area contributed by atoms with E-state index in [0.29, 0.717) is 34.4 Å². The third kappa shape index (κ3) is 3.43. The Morgan fingerprint density at radius 3 is 2.65 bits per heavy atom. The number of ether oxygens (including phenoxy) is 1. The molecule has 0 aliphatic carbocycles. The average Bonchev–Trinajstić information content (AvgIpc) is 2.77. The van der Waals surface area contributed by atoms with Crippen molar-refractivity contribution in [1.29, 1.82) is 0 Å². The van der Waals surface area contributed by atoms with Crippen LogP contribution in [0.4, 0.5) is 11.4 Å². The zero-order valence-corrected chi connectivity index (χ0v) is 16.9. The van der Waals surface area contributed by atoms with Gasteiger partial charge in [0.2, 0.25) is 0 Å². The van der Waals surface area contributed by atoms with Crippen LogP contribution in [-0.2, 0) is 4.79 Å². The molecule has 31 heavy (non-hydrogen) atoms. The number of non-ortho nitro benzene ring substituents is 1. The summed E-state index contributed by atoms with van der Waals surface area (Å²) in [4.78, 5) is 50.1. The normalized spacial score (nSPS) is 14.1. The van der Waals surface area contributed by atoms with Crippen LogP contribution in [0.25, 0.3) is 10.9 Å². The molecule has 0 saturated carbocycles. The SMILES string of the molecule is CCN1C(=O)COc2ccc(C(=O)C(C)n3c(=O)ccc4cc([N+](=O)[O-])ccc43)cc21. The van der Waals surface area contributed by atoms with Gasteiger partial charge in [0.25, 0.3) is 17.2 Å². The monoisotopic (exact) mass is 421 g/mol. The maximum Gasteiger partial charge on any atom is 0.270 e. The van der Waals surface area contributed by atoms with Crippen LogP contribution in [0.1, 0.15) is 30.2 Å². The number of benzene rings is 2. The van der Waals surface area contributed by atoms with E-state index >= 15 is 0 Å². The molecule has 0 radical (unpaired) electrons. The van der Waals surface area contributed by atoms with E-state index in [1.807, 2.05) is 6.92 Å². The fourth-order valence-electron chi connectivity index (χ4n) is 3.83. The molecule has 2 heterocycles. The highest BCUT2D eigenvalue weighted by Gasteiger charge is 2.27. The summed E-state index contributed by atoms with van der Waals surface area (Å²) >= 11 is 0. The van der Waals surface area contributed by atoms with Crippen molar-refractivity contribution in [3.8, 4) is 5.75 Å². The van der Waals surface area contributed by atoms with Gasteiger partial charge in [-0.2, -0.15) is 0 Å². The van der Waals surface area contributed by atoms with Crippen molar-refractivity contribution in [1.82, 2.24) is 4.57 Å². The zero-order chi connectivity index (χ0) is 22.3. The molecule has 1 aromatic heterocycles. The van der Waals surface area contributed by atoms with Gasteiger partial charge in [0.05, 0.1) is 22.2 Å². The smallest absolute Gasteiger partial charge is 0.270 e. The van der Waals surface area contributed by atoms with E-state index < -0.39 is 16.5 Å². The number of fused-ring (bicyclic) bond motifs is 2. The predicted molar refractivity (Wildman–Crippen MR) is 114 cm³/mol. The van der Waals surface area contributed by atoms with E-state index in [4.69, 9.17) is 4.74 Å². The summed E-state index contributed by atoms with van der Waals surface area (Å²) in [6, 6.07) is 10.9. The van der Waals surface area contributed by atoms with Crippen LogP contribution < -0.4 is 15.2 Å². The first-order valence-corrected chi connectivity index (χ1v) is 9.73. The summed E-state index contributed by atoms with van der Waals surface area (Å²) in [5.74, 6) is -0.00960. The lowest BCUT2D eigenvalue weighted by molar-refractivity contribution is -0.384. The maximum absolute atomic E-state index is 13.3. The molecule has 0 saturated heterocycles. The van der Waals surface area contributed by atoms with Crippen LogP contribution in [0.2, 0.25) is 0 Å². The molecule has 0 fully saturated rings. The minimum atomic E-state index is -0.869. The molecule has 2 aromatic carbocycles. The van der Waals surface area contributed by atoms with E-state index in [9.17, 15) is 24.5 Å². The van der Waals surface area contributed by atoms with Gasteiger partial charge >= 0.3 is 0 Å². The van der Waals surface area contributed by atoms with E-state index in [2.05, 4.69) is 0 Å². The van der Waals surface area contributed by atoms with Gasteiger partial charge in [-0.1, -0.05) is 0 Å². The largest absolute Gasteiger partial charge is 0.482 e. The lowest BCUT2D eigenvalue weighted by Crippen LogP contribution is -2.38. The minimum absolute atomic E-state index is 0.0535. The first-order chi connectivity index (χ1) is 14.8. The quantitative estimate of drug-likeness (QED) is 0.355. The van der Waals surface area contributed by atoms with E-state index in [0.717, 1.165) is 0 Å². The molecule has 0 spiro atoms. The second-order valence-electron chi connectivity index (χ2n) is 7.19. The molecule has 1 atom stereocenters. The summed E-state index contributed by atoms with van der Waals surface area (Å²) in [5.41, 5.74) is 0.765. The highest BCUT2D eigenvalue weighted by atomic mass is 16.6. The average molecular weight is 421 g/mol. The molecule has 0 bridgehead atoms. The van der Waals surface area contributed by atoms with Gasteiger partial charge in [-0.15, -0.1) is 0 Å². The van der Waals surface area contributed by atoms with Crippen LogP contribution in [-0.4, -0.2) is 34.3 Å². The van der Waals surface area contributed by atoms with Gasteiger partial charge in [0.1, 0.15) is 5.75 Å². The topological polar surface area (TPSA) is 112 Å². The van der Waals surface area contributed by atoms with Gasteiger partial charge in [0.15, 0.2) is 12.4 Å². The van der Waals surface area contributed by atoms with Crippen LogP contribution in [0, 0.1) is 10.1 Å². The molecule has 3 aromatic rings. The number of Topliss-reactive ketones (excluding diaryl/α,β-unsaturated/α-hetero) is 1. The van der Waals surface area contributed by atoms with Crippen molar-refractivity contribution in [2.45, 2.75) is 19.9 Å². The summed E-state index contributed by atoms with van der Waals surface area (Å²) in [5, 5.41) is 11.5. The lowest BCUT2D eigenvalue weighted by Gasteiger charge is -2.29. The first-order valence-electron chi connectivity index (χ1n) is 9.73. The number of likely N-dealkylation sites (N-methyl/N-ethyl adjacent to an activating group) is 1. The Kier molecular flexibility index (Phi) is 5.02. The third-order valence-corrected chi connectivity index (χ3v) is 5.39. The number of aromatic nitrogens is 1. The fraction of sp³-hybridized carbons (Fsp3) is 0.227. The number of rotatable bonds is 5. The Morgan fingerprint density at radius 1 is 1.16 bits per heavy atom. The van der Waals surface area contributed by atoms with Crippen molar-refractivity contribution in [3.05, 3.63) is 74.6 Å². The van der Waals surface area contributed by atoms with Crippen molar-refractivity contribution in [2.24, 2.45) is 0 Å². The van der Waals surface area contributed by atoms with E-state index in [1.165, 1.54) is 34.9 Å². The molecule has 1 amide bonds. The van der Waals surface area contributed by atoms with E-state index in [1.54, 1.807) is 30.0 Å². The minimum Gasteiger partial charge on any atom is -0.482 e. The van der Waals surface area contributed by atoms with Crippen molar-refractivity contribution >= 4 is 34.0 Å². The number of hydrogen-bond acceptors (Lipinski definition) is 6. The highest BCUT2D eigenvalue weighted by molar-refractivity contribution is 6.03. The third-order valence-electron chi connectivity index (χ3n) is 5.39. The van der Waals surface area contributed by atoms with Crippen LogP contribution in [0.3, 0.4) is 0 Å². The van der Waals surface area contributed by atoms with Crippen molar-refractivity contribution in [2.75, 3.05) is 18.1 Å². The lowest BCUT2D eigenvalue weighted by atomic mass is 10.0. The number of nitro groups is 1. The molecule has 9 nitrogen and oxygen atoms in total.